The van der Waals surface area contributed by atoms with E-state index < -0.39 is 0 Å². The van der Waals surface area contributed by atoms with Gasteiger partial charge in [-0.05, 0) is 44.2 Å². The van der Waals surface area contributed by atoms with Crippen LogP contribution < -0.4 is 5.73 Å². The number of H-pyrrole nitrogens is 1. The van der Waals surface area contributed by atoms with Gasteiger partial charge in [0.2, 0.25) is 0 Å². The minimum atomic E-state index is 0.400. The van der Waals surface area contributed by atoms with Gasteiger partial charge in [0.25, 0.3) is 0 Å². The number of hydrogen-bond acceptors (Lipinski definition) is 2. The molecule has 1 aliphatic rings. The van der Waals surface area contributed by atoms with Crippen LogP contribution in [0.15, 0.2) is 18.2 Å². The summed E-state index contributed by atoms with van der Waals surface area (Å²) in [7, 11) is 0. The van der Waals surface area contributed by atoms with E-state index in [1.807, 2.05) is 0 Å². The van der Waals surface area contributed by atoms with Crippen LogP contribution in [0.4, 0.5) is 0 Å². The fraction of sp³-hybridized carbons (Fsp3) is 0.500. The van der Waals surface area contributed by atoms with Crippen molar-refractivity contribution in [1.29, 1.82) is 0 Å². The second-order valence-electron chi connectivity index (χ2n) is 5.20. The van der Waals surface area contributed by atoms with Crippen LogP contribution in [0.2, 0.25) is 0 Å². The van der Waals surface area contributed by atoms with Crippen molar-refractivity contribution in [3.63, 3.8) is 0 Å². The molecular formula is C14H19N3. The van der Waals surface area contributed by atoms with Crippen molar-refractivity contribution in [2.24, 2.45) is 5.73 Å². The summed E-state index contributed by atoms with van der Waals surface area (Å²) >= 11 is 0. The number of nitrogens with one attached hydrogen (secondary N) is 1. The number of rotatable bonds is 1. The molecule has 0 radical (unpaired) electrons. The molecule has 3 nitrogen and oxygen atoms in total. The van der Waals surface area contributed by atoms with Gasteiger partial charge in [-0.25, -0.2) is 4.98 Å². The van der Waals surface area contributed by atoms with E-state index in [9.17, 15) is 0 Å². The van der Waals surface area contributed by atoms with E-state index in [0.717, 1.165) is 29.7 Å². The largest absolute Gasteiger partial charge is 0.342 e. The van der Waals surface area contributed by atoms with Crippen molar-refractivity contribution >= 4 is 11.0 Å². The molecule has 1 heterocycles. The van der Waals surface area contributed by atoms with Gasteiger partial charge < -0.3 is 10.7 Å². The second-order valence-corrected chi connectivity index (χ2v) is 5.20. The summed E-state index contributed by atoms with van der Waals surface area (Å²) in [5.74, 6) is 1.72. The van der Waals surface area contributed by atoms with Gasteiger partial charge in [0.1, 0.15) is 5.82 Å². The zero-order valence-electron chi connectivity index (χ0n) is 10.2. The van der Waals surface area contributed by atoms with Crippen LogP contribution in [-0.2, 0) is 0 Å². The molecule has 3 N–H and O–H groups in total. The van der Waals surface area contributed by atoms with Crippen LogP contribution in [0, 0.1) is 6.92 Å². The fourth-order valence-corrected chi connectivity index (χ4v) is 2.78. The van der Waals surface area contributed by atoms with E-state index in [-0.39, 0.29) is 0 Å². The first-order valence-electron chi connectivity index (χ1n) is 6.45. The van der Waals surface area contributed by atoms with Crippen LogP contribution in [0.5, 0.6) is 0 Å². The first-order valence-corrected chi connectivity index (χ1v) is 6.45. The van der Waals surface area contributed by atoms with Gasteiger partial charge in [-0.1, -0.05) is 12.1 Å². The summed E-state index contributed by atoms with van der Waals surface area (Å²) in [6, 6.07) is 6.70. The number of nitrogens with two attached hydrogens (primary N) is 1. The lowest BCUT2D eigenvalue weighted by atomic mass is 9.86. The van der Waals surface area contributed by atoms with Crippen LogP contribution in [0.25, 0.3) is 11.0 Å². The standard InChI is InChI=1S/C14H19N3/c1-9-3-2-4-12-13(9)17-14(16-12)10-5-7-11(15)8-6-10/h2-4,10-11H,5-8,15H2,1H3,(H,16,17). The van der Waals surface area contributed by atoms with E-state index in [0.29, 0.717) is 12.0 Å². The Morgan fingerprint density at radius 2 is 2.00 bits per heavy atom. The van der Waals surface area contributed by atoms with E-state index in [1.54, 1.807) is 0 Å². The molecule has 3 heteroatoms. The Labute approximate surface area is 101 Å². The van der Waals surface area contributed by atoms with Gasteiger partial charge >= 0.3 is 0 Å². The number of imidazole rings is 1. The van der Waals surface area contributed by atoms with Gasteiger partial charge in [-0.2, -0.15) is 0 Å². The molecule has 2 aromatic rings. The van der Waals surface area contributed by atoms with E-state index in [4.69, 9.17) is 10.7 Å². The molecule has 0 unspecified atom stereocenters. The Kier molecular flexibility index (Phi) is 2.63. The third-order valence-corrected chi connectivity index (χ3v) is 3.89. The Morgan fingerprint density at radius 3 is 2.71 bits per heavy atom. The average Bonchev–Trinajstić information content (AvgIpc) is 2.75. The molecule has 17 heavy (non-hydrogen) atoms. The first-order chi connectivity index (χ1) is 8.24. The smallest absolute Gasteiger partial charge is 0.110 e. The van der Waals surface area contributed by atoms with E-state index in [1.165, 1.54) is 18.4 Å². The highest BCUT2D eigenvalue weighted by molar-refractivity contribution is 5.78. The Balaban J connectivity index is 1.93. The maximum Gasteiger partial charge on any atom is 0.110 e. The van der Waals surface area contributed by atoms with Gasteiger partial charge in [0.15, 0.2) is 0 Å². The number of hydrogen-bond donors (Lipinski definition) is 2. The first kappa shape index (κ1) is 10.8. The zero-order valence-corrected chi connectivity index (χ0v) is 10.2. The summed E-state index contributed by atoms with van der Waals surface area (Å²) in [6.07, 6.45) is 4.58. The summed E-state index contributed by atoms with van der Waals surface area (Å²) in [5, 5.41) is 0. The van der Waals surface area contributed by atoms with Crippen molar-refractivity contribution in [3.05, 3.63) is 29.6 Å². The topological polar surface area (TPSA) is 54.7 Å². The predicted octanol–water partition coefficient (Wildman–Crippen LogP) is 2.86. The molecule has 90 valence electrons. The monoisotopic (exact) mass is 229 g/mol. The number of nitrogens with zero attached hydrogens (tertiary/aromatic N) is 1. The number of aromatic nitrogens is 2. The Bertz CT molecular complexity index is 521. The third kappa shape index (κ3) is 1.95. The second kappa shape index (κ2) is 4.15. The number of fused-ring (bicyclic) bond motifs is 1. The molecule has 0 aliphatic heterocycles. The molecular weight excluding hydrogens is 210 g/mol. The molecule has 1 aromatic heterocycles. The van der Waals surface area contributed by atoms with E-state index in [2.05, 4.69) is 30.1 Å². The Morgan fingerprint density at radius 1 is 1.24 bits per heavy atom. The molecule has 0 atom stereocenters. The maximum atomic E-state index is 5.94. The van der Waals surface area contributed by atoms with E-state index >= 15 is 0 Å². The van der Waals surface area contributed by atoms with Crippen LogP contribution in [0.3, 0.4) is 0 Å². The van der Waals surface area contributed by atoms with Crippen LogP contribution in [-0.4, -0.2) is 16.0 Å². The third-order valence-electron chi connectivity index (χ3n) is 3.89. The lowest BCUT2D eigenvalue weighted by molar-refractivity contribution is 0.386. The maximum absolute atomic E-state index is 5.94. The summed E-state index contributed by atoms with van der Waals surface area (Å²) in [5.41, 5.74) is 9.48. The summed E-state index contributed by atoms with van der Waals surface area (Å²) in [6.45, 7) is 2.11. The molecule has 0 amide bonds. The lowest BCUT2D eigenvalue weighted by Gasteiger charge is -2.24. The molecule has 1 aliphatic carbocycles. The number of para-hydroxylation sites is 1. The molecule has 1 aromatic carbocycles. The highest BCUT2D eigenvalue weighted by Crippen LogP contribution is 2.32. The highest BCUT2D eigenvalue weighted by atomic mass is 14.9. The van der Waals surface area contributed by atoms with Crippen LogP contribution >= 0.6 is 0 Å². The van der Waals surface area contributed by atoms with Crippen molar-refractivity contribution < 1.29 is 0 Å². The van der Waals surface area contributed by atoms with Gasteiger partial charge in [0, 0.05) is 12.0 Å². The molecule has 1 fully saturated rings. The molecule has 0 saturated heterocycles. The van der Waals surface area contributed by atoms with Gasteiger partial charge in [-0.15, -0.1) is 0 Å². The number of benzene rings is 1. The molecule has 0 bridgehead atoms. The van der Waals surface area contributed by atoms with Crippen molar-refractivity contribution in [2.75, 3.05) is 0 Å². The van der Waals surface area contributed by atoms with Crippen LogP contribution in [0.1, 0.15) is 43.0 Å². The van der Waals surface area contributed by atoms with Gasteiger partial charge in [0.05, 0.1) is 11.0 Å². The minimum Gasteiger partial charge on any atom is -0.342 e. The average molecular weight is 229 g/mol. The summed E-state index contributed by atoms with van der Waals surface area (Å²) < 4.78 is 0. The Hall–Kier alpha value is -1.35. The normalized spacial score (nSPS) is 25.3. The lowest BCUT2D eigenvalue weighted by Crippen LogP contribution is -2.26. The zero-order chi connectivity index (χ0) is 11.8. The molecule has 1 saturated carbocycles. The van der Waals surface area contributed by atoms with Gasteiger partial charge in [-0.3, -0.25) is 0 Å². The van der Waals surface area contributed by atoms with Crippen molar-refractivity contribution in [2.45, 2.75) is 44.6 Å². The predicted molar refractivity (Wildman–Crippen MR) is 70.0 cm³/mol. The highest BCUT2D eigenvalue weighted by Gasteiger charge is 2.22. The van der Waals surface area contributed by atoms with Crippen molar-refractivity contribution in [3.8, 4) is 0 Å². The summed E-state index contributed by atoms with van der Waals surface area (Å²) in [4.78, 5) is 8.23. The number of aryl methyl sites for hydroxylation is 1. The fourth-order valence-electron chi connectivity index (χ4n) is 2.78. The quantitative estimate of drug-likeness (QED) is 0.790. The number of aromatic amines is 1. The SMILES string of the molecule is Cc1cccc2[nH]c(C3CCC(N)CC3)nc12. The minimum absolute atomic E-state index is 0.400. The molecule has 0 spiro atoms. The van der Waals surface area contributed by atoms with Crippen molar-refractivity contribution in [1.82, 2.24) is 9.97 Å². The molecule has 3 rings (SSSR count).